The highest BCUT2D eigenvalue weighted by Gasteiger charge is 2.18. The highest BCUT2D eigenvalue weighted by atomic mass is 19.2. The van der Waals surface area contributed by atoms with Gasteiger partial charge in [-0.15, -0.1) is 0 Å². The molecular formula is C15H11F3N4O5. The minimum atomic E-state index is -1.75. The lowest BCUT2D eigenvalue weighted by molar-refractivity contribution is -0.390. The molecule has 0 aliphatic carbocycles. The molecule has 0 unspecified atom stereocenters. The van der Waals surface area contributed by atoms with Crippen LogP contribution in [-0.4, -0.2) is 34.9 Å². The molecule has 0 bridgehead atoms. The Hall–Kier alpha value is -3.70. The number of nitrogens with one attached hydrogen (secondary N) is 2. The lowest BCUT2D eigenvalue weighted by Crippen LogP contribution is -2.36. The van der Waals surface area contributed by atoms with Crippen molar-refractivity contribution in [3.05, 3.63) is 58.0 Å². The predicted octanol–water partition coefficient (Wildman–Crippen LogP) is 1.54. The third kappa shape index (κ3) is 5.14. The second kappa shape index (κ2) is 8.60. The number of carbonyl (C=O) groups excluding carboxylic acids is 2. The molecule has 9 nitrogen and oxygen atoms in total. The Bertz CT molecular complexity index is 894. The van der Waals surface area contributed by atoms with E-state index in [4.69, 9.17) is 4.74 Å². The molecule has 27 heavy (non-hydrogen) atoms. The number of benzene rings is 1. The SMILES string of the molecule is O=C(COc1cccnc1[N+](=O)[O-])NCC(=O)Nc1ccc(F)c(F)c1F. The van der Waals surface area contributed by atoms with Crippen molar-refractivity contribution in [2.75, 3.05) is 18.5 Å². The predicted molar refractivity (Wildman–Crippen MR) is 84.3 cm³/mol. The lowest BCUT2D eigenvalue weighted by atomic mass is 10.2. The summed E-state index contributed by atoms with van der Waals surface area (Å²) in [7, 11) is 0. The fourth-order valence-electron chi connectivity index (χ4n) is 1.82. The normalized spacial score (nSPS) is 10.2. The van der Waals surface area contributed by atoms with Crippen molar-refractivity contribution in [1.29, 1.82) is 0 Å². The van der Waals surface area contributed by atoms with Crippen LogP contribution in [0.5, 0.6) is 5.75 Å². The maximum atomic E-state index is 13.4. The minimum Gasteiger partial charge on any atom is -0.476 e. The van der Waals surface area contributed by atoms with Gasteiger partial charge >= 0.3 is 5.82 Å². The van der Waals surface area contributed by atoms with E-state index in [0.717, 1.165) is 6.07 Å². The molecule has 0 saturated heterocycles. The summed E-state index contributed by atoms with van der Waals surface area (Å²) in [6.45, 7) is -1.28. The molecule has 1 aromatic carbocycles. The molecule has 0 saturated carbocycles. The van der Waals surface area contributed by atoms with Crippen molar-refractivity contribution in [2.24, 2.45) is 0 Å². The Morgan fingerprint density at radius 3 is 2.59 bits per heavy atom. The second-order valence-electron chi connectivity index (χ2n) is 4.92. The average Bonchev–Trinajstić information content (AvgIpc) is 2.65. The molecule has 142 valence electrons. The lowest BCUT2D eigenvalue weighted by Gasteiger charge is -2.09. The standard InChI is InChI=1S/C15H11F3N4O5/c16-8-3-4-9(14(18)13(8)17)21-11(23)6-20-12(24)7-27-10-2-1-5-19-15(10)22(25)26/h1-5H,6-7H2,(H,20,24)(H,21,23). The zero-order valence-corrected chi connectivity index (χ0v) is 13.4. The van der Waals surface area contributed by atoms with Crippen LogP contribution in [0.2, 0.25) is 0 Å². The summed E-state index contributed by atoms with van der Waals surface area (Å²) in [4.78, 5) is 36.7. The van der Waals surface area contributed by atoms with E-state index in [-0.39, 0.29) is 5.75 Å². The Labute approximate surface area is 149 Å². The van der Waals surface area contributed by atoms with Crippen LogP contribution in [0, 0.1) is 27.6 Å². The number of hydrogen-bond donors (Lipinski definition) is 2. The second-order valence-corrected chi connectivity index (χ2v) is 4.92. The summed E-state index contributed by atoms with van der Waals surface area (Å²) >= 11 is 0. The third-order valence-corrected chi connectivity index (χ3v) is 3.04. The summed E-state index contributed by atoms with van der Waals surface area (Å²) in [5, 5.41) is 14.8. The van der Waals surface area contributed by atoms with Crippen LogP contribution in [-0.2, 0) is 9.59 Å². The van der Waals surface area contributed by atoms with Gasteiger partial charge in [-0.2, -0.15) is 0 Å². The van der Waals surface area contributed by atoms with Crippen molar-refractivity contribution in [3.63, 3.8) is 0 Å². The maximum absolute atomic E-state index is 13.4. The van der Waals surface area contributed by atoms with Crippen LogP contribution >= 0.6 is 0 Å². The first kappa shape index (κ1) is 19.6. The number of hydrogen-bond acceptors (Lipinski definition) is 6. The Morgan fingerprint density at radius 1 is 1.15 bits per heavy atom. The van der Waals surface area contributed by atoms with Gasteiger partial charge < -0.3 is 25.5 Å². The molecule has 0 atom stereocenters. The van der Waals surface area contributed by atoms with Crippen LogP contribution in [0.15, 0.2) is 30.5 Å². The van der Waals surface area contributed by atoms with Gasteiger partial charge in [-0.05, 0) is 34.2 Å². The number of rotatable bonds is 7. The van der Waals surface area contributed by atoms with Gasteiger partial charge in [0.05, 0.1) is 12.2 Å². The van der Waals surface area contributed by atoms with Gasteiger partial charge in [-0.3, -0.25) is 9.59 Å². The first-order valence-electron chi connectivity index (χ1n) is 7.22. The summed E-state index contributed by atoms with van der Waals surface area (Å²) in [6.07, 6.45) is 1.17. The quantitative estimate of drug-likeness (QED) is 0.424. The van der Waals surface area contributed by atoms with Crippen molar-refractivity contribution in [3.8, 4) is 5.75 Å². The van der Waals surface area contributed by atoms with Crippen LogP contribution in [0.25, 0.3) is 0 Å². The van der Waals surface area contributed by atoms with Crippen LogP contribution in [0.3, 0.4) is 0 Å². The number of anilines is 1. The van der Waals surface area contributed by atoms with E-state index in [9.17, 15) is 32.9 Å². The van der Waals surface area contributed by atoms with Crippen molar-refractivity contribution < 1.29 is 32.4 Å². The summed E-state index contributed by atoms with van der Waals surface area (Å²) in [6, 6.07) is 4.04. The summed E-state index contributed by atoms with van der Waals surface area (Å²) in [5.74, 6) is -7.30. The van der Waals surface area contributed by atoms with E-state index in [2.05, 4.69) is 10.3 Å². The number of halogens is 3. The zero-order chi connectivity index (χ0) is 20.0. The number of aromatic nitrogens is 1. The average molecular weight is 384 g/mol. The molecule has 2 amide bonds. The monoisotopic (exact) mass is 384 g/mol. The van der Waals surface area contributed by atoms with E-state index in [0.29, 0.717) is 6.07 Å². The Morgan fingerprint density at radius 2 is 1.89 bits per heavy atom. The molecule has 0 aliphatic rings. The topological polar surface area (TPSA) is 123 Å². The smallest absolute Gasteiger partial charge is 0.406 e. The molecule has 2 aromatic rings. The highest BCUT2D eigenvalue weighted by Crippen LogP contribution is 2.22. The Balaban J connectivity index is 1.85. The van der Waals surface area contributed by atoms with Crippen molar-refractivity contribution in [1.82, 2.24) is 10.3 Å². The molecule has 0 aliphatic heterocycles. The number of nitro groups is 1. The molecule has 12 heteroatoms. The van der Waals surface area contributed by atoms with E-state index in [1.807, 2.05) is 5.32 Å². The molecule has 0 radical (unpaired) electrons. The van der Waals surface area contributed by atoms with Crippen LogP contribution < -0.4 is 15.4 Å². The number of pyridine rings is 1. The van der Waals surface area contributed by atoms with E-state index >= 15 is 0 Å². The number of amides is 2. The van der Waals surface area contributed by atoms with Crippen LogP contribution in [0.1, 0.15) is 0 Å². The molecule has 1 heterocycles. The number of carbonyl (C=O) groups is 2. The van der Waals surface area contributed by atoms with Crippen LogP contribution in [0.4, 0.5) is 24.7 Å². The van der Waals surface area contributed by atoms with Gasteiger partial charge in [0.25, 0.3) is 5.91 Å². The summed E-state index contributed by atoms with van der Waals surface area (Å²) < 4.78 is 44.3. The molecule has 2 rings (SSSR count). The first-order valence-corrected chi connectivity index (χ1v) is 7.22. The number of nitrogens with zero attached hydrogens (tertiary/aromatic N) is 2. The van der Waals surface area contributed by atoms with Crippen molar-refractivity contribution >= 4 is 23.3 Å². The molecule has 0 spiro atoms. The molecular weight excluding hydrogens is 373 g/mol. The fraction of sp³-hybridized carbons (Fsp3) is 0.133. The highest BCUT2D eigenvalue weighted by molar-refractivity contribution is 5.94. The van der Waals surface area contributed by atoms with Gasteiger partial charge in [0, 0.05) is 0 Å². The van der Waals surface area contributed by atoms with Crippen molar-refractivity contribution in [2.45, 2.75) is 0 Å². The Kier molecular flexibility index (Phi) is 6.25. The molecule has 1 aromatic heterocycles. The van der Waals surface area contributed by atoms with Gasteiger partial charge in [0.2, 0.25) is 11.7 Å². The first-order chi connectivity index (χ1) is 12.8. The minimum absolute atomic E-state index is 0.244. The van der Waals surface area contributed by atoms with Gasteiger partial charge in [-0.1, -0.05) is 0 Å². The van der Waals surface area contributed by atoms with E-state index in [1.165, 1.54) is 18.3 Å². The third-order valence-electron chi connectivity index (χ3n) is 3.04. The largest absolute Gasteiger partial charge is 0.476 e. The zero-order valence-electron chi connectivity index (χ0n) is 13.4. The van der Waals surface area contributed by atoms with Gasteiger partial charge in [0.15, 0.2) is 24.1 Å². The maximum Gasteiger partial charge on any atom is 0.406 e. The van der Waals surface area contributed by atoms with Gasteiger partial charge in [-0.25, -0.2) is 13.2 Å². The van der Waals surface area contributed by atoms with E-state index in [1.54, 1.807) is 0 Å². The number of ether oxygens (including phenoxy) is 1. The van der Waals surface area contributed by atoms with E-state index < -0.39 is 58.8 Å². The summed E-state index contributed by atoms with van der Waals surface area (Å²) in [5.41, 5.74) is -0.601. The fourth-order valence-corrected chi connectivity index (χ4v) is 1.82. The molecule has 2 N–H and O–H groups in total. The van der Waals surface area contributed by atoms with Gasteiger partial charge in [0.1, 0.15) is 6.20 Å². The molecule has 0 fully saturated rings.